The molecule has 0 unspecified atom stereocenters. The minimum atomic E-state index is -3.67. The van der Waals surface area contributed by atoms with Crippen LogP contribution in [-0.2, 0) is 17.1 Å². The summed E-state index contributed by atoms with van der Waals surface area (Å²) < 4.78 is 34.3. The molecule has 7 nitrogen and oxygen atoms in total. The van der Waals surface area contributed by atoms with Crippen molar-refractivity contribution in [1.82, 2.24) is 8.87 Å². The van der Waals surface area contributed by atoms with Crippen LogP contribution in [0.15, 0.2) is 56.6 Å². The van der Waals surface area contributed by atoms with Gasteiger partial charge in [-0.1, -0.05) is 17.7 Å². The van der Waals surface area contributed by atoms with Gasteiger partial charge in [0.2, 0.25) is 10.0 Å². The molecule has 148 valence electrons. The SMILES string of the molecule is Cc1ccc(N2CCN(S(=O)(=O)c3ccc4c(c3)oc(=O)n4C)C[C@@H]2C)cc1. The fourth-order valence-corrected chi connectivity index (χ4v) is 5.21. The summed E-state index contributed by atoms with van der Waals surface area (Å²) in [7, 11) is -2.08. The zero-order valence-electron chi connectivity index (χ0n) is 16.1. The van der Waals surface area contributed by atoms with Crippen molar-refractivity contribution in [1.29, 1.82) is 0 Å². The summed E-state index contributed by atoms with van der Waals surface area (Å²) in [5.41, 5.74) is 3.14. The largest absolute Gasteiger partial charge is 0.419 e. The Kier molecular flexibility index (Phi) is 4.55. The van der Waals surface area contributed by atoms with Crippen molar-refractivity contribution in [2.24, 2.45) is 7.05 Å². The highest BCUT2D eigenvalue weighted by molar-refractivity contribution is 7.89. The molecule has 8 heteroatoms. The normalized spacial score (nSPS) is 18.7. The highest BCUT2D eigenvalue weighted by atomic mass is 32.2. The van der Waals surface area contributed by atoms with Gasteiger partial charge in [0, 0.05) is 44.5 Å². The molecule has 2 heterocycles. The highest BCUT2D eigenvalue weighted by Crippen LogP contribution is 2.26. The van der Waals surface area contributed by atoms with Crippen LogP contribution in [0.5, 0.6) is 0 Å². The van der Waals surface area contributed by atoms with Gasteiger partial charge in [0.15, 0.2) is 5.58 Å². The van der Waals surface area contributed by atoms with Gasteiger partial charge in [0.05, 0.1) is 10.4 Å². The van der Waals surface area contributed by atoms with E-state index in [-0.39, 0.29) is 16.5 Å². The minimum absolute atomic E-state index is 0.0459. The van der Waals surface area contributed by atoms with Crippen molar-refractivity contribution in [3.63, 3.8) is 0 Å². The minimum Gasteiger partial charge on any atom is -0.408 e. The number of sulfonamides is 1. The third kappa shape index (κ3) is 3.12. The zero-order valence-corrected chi connectivity index (χ0v) is 16.9. The van der Waals surface area contributed by atoms with Crippen LogP contribution in [-0.4, -0.2) is 43.0 Å². The first-order valence-electron chi connectivity index (χ1n) is 9.20. The van der Waals surface area contributed by atoms with E-state index in [2.05, 4.69) is 29.2 Å². The maximum absolute atomic E-state index is 13.1. The number of rotatable bonds is 3. The Labute approximate surface area is 163 Å². The number of oxazole rings is 1. The summed E-state index contributed by atoms with van der Waals surface area (Å²) in [6.45, 7) is 5.49. The van der Waals surface area contributed by atoms with Crippen LogP contribution in [0.25, 0.3) is 11.1 Å². The predicted octanol–water partition coefficient (Wildman–Crippen LogP) is 2.34. The fraction of sp³-hybridized carbons (Fsp3) is 0.350. The van der Waals surface area contributed by atoms with Crippen molar-refractivity contribution >= 4 is 26.8 Å². The van der Waals surface area contributed by atoms with Gasteiger partial charge in [-0.05, 0) is 38.1 Å². The summed E-state index contributed by atoms with van der Waals surface area (Å²) in [6, 6.07) is 12.9. The van der Waals surface area contributed by atoms with Crippen LogP contribution in [0.1, 0.15) is 12.5 Å². The Morgan fingerprint density at radius 2 is 1.79 bits per heavy atom. The van der Waals surface area contributed by atoms with Gasteiger partial charge in [-0.3, -0.25) is 4.57 Å². The molecule has 0 radical (unpaired) electrons. The lowest BCUT2D eigenvalue weighted by atomic mass is 10.1. The Balaban J connectivity index is 1.59. The smallest absolute Gasteiger partial charge is 0.408 e. The van der Waals surface area contributed by atoms with Crippen molar-refractivity contribution in [2.75, 3.05) is 24.5 Å². The first-order chi connectivity index (χ1) is 13.3. The molecule has 3 aromatic rings. The van der Waals surface area contributed by atoms with Gasteiger partial charge >= 0.3 is 5.76 Å². The second kappa shape index (κ2) is 6.79. The van der Waals surface area contributed by atoms with E-state index in [0.29, 0.717) is 25.2 Å². The van der Waals surface area contributed by atoms with Crippen molar-refractivity contribution < 1.29 is 12.8 Å². The van der Waals surface area contributed by atoms with Gasteiger partial charge in [0.1, 0.15) is 0 Å². The molecule has 0 amide bonds. The number of hydrogen-bond acceptors (Lipinski definition) is 5. The van der Waals surface area contributed by atoms with Crippen LogP contribution in [0, 0.1) is 6.92 Å². The summed E-state index contributed by atoms with van der Waals surface area (Å²) in [5.74, 6) is -0.509. The Hall–Kier alpha value is -2.58. The number of nitrogens with zero attached hydrogens (tertiary/aromatic N) is 3. The summed E-state index contributed by atoms with van der Waals surface area (Å²) >= 11 is 0. The molecule has 4 rings (SSSR count). The zero-order chi connectivity index (χ0) is 20.1. The van der Waals surface area contributed by atoms with Crippen molar-refractivity contribution in [3.8, 4) is 0 Å². The number of anilines is 1. The number of aromatic nitrogens is 1. The number of fused-ring (bicyclic) bond motifs is 1. The predicted molar refractivity (Wildman–Crippen MR) is 108 cm³/mol. The van der Waals surface area contributed by atoms with Crippen LogP contribution in [0.2, 0.25) is 0 Å². The molecule has 0 spiro atoms. The van der Waals surface area contributed by atoms with E-state index in [9.17, 15) is 13.2 Å². The average Bonchev–Trinajstić information content (AvgIpc) is 2.96. The molecular weight excluding hydrogens is 378 g/mol. The topological polar surface area (TPSA) is 75.8 Å². The lowest BCUT2D eigenvalue weighted by Crippen LogP contribution is -2.53. The third-order valence-electron chi connectivity index (χ3n) is 5.36. The van der Waals surface area contributed by atoms with E-state index in [1.54, 1.807) is 13.1 Å². The second-order valence-corrected chi connectivity index (χ2v) is 9.24. The molecule has 1 aromatic heterocycles. The lowest BCUT2D eigenvalue weighted by Gasteiger charge is -2.40. The number of hydrogen-bond donors (Lipinski definition) is 0. The third-order valence-corrected chi connectivity index (χ3v) is 7.22. The van der Waals surface area contributed by atoms with Gasteiger partial charge in [0.25, 0.3) is 0 Å². The number of piperazine rings is 1. The molecule has 1 aliphatic heterocycles. The summed E-state index contributed by atoms with van der Waals surface area (Å²) in [5, 5.41) is 0. The standard InChI is InChI=1S/C20H23N3O4S/c1-14-4-6-16(7-5-14)23-11-10-22(13-15(23)2)28(25,26)17-8-9-18-19(12-17)27-20(24)21(18)3/h4-9,12,15H,10-11,13H2,1-3H3/t15-/m0/s1. The fourth-order valence-electron chi connectivity index (χ4n) is 3.69. The van der Waals surface area contributed by atoms with E-state index >= 15 is 0 Å². The van der Waals surface area contributed by atoms with Crippen LogP contribution in [0.3, 0.4) is 0 Å². The van der Waals surface area contributed by atoms with E-state index in [0.717, 1.165) is 5.69 Å². The lowest BCUT2D eigenvalue weighted by molar-refractivity contribution is 0.342. The van der Waals surface area contributed by atoms with Crippen LogP contribution >= 0.6 is 0 Å². The number of benzene rings is 2. The van der Waals surface area contributed by atoms with Gasteiger partial charge < -0.3 is 9.32 Å². The Morgan fingerprint density at radius 1 is 1.07 bits per heavy atom. The average molecular weight is 401 g/mol. The van der Waals surface area contributed by atoms with Crippen molar-refractivity contribution in [3.05, 3.63) is 58.6 Å². The van der Waals surface area contributed by atoms with E-state index in [1.165, 1.54) is 26.6 Å². The molecular formula is C20H23N3O4S. The van der Waals surface area contributed by atoms with Gasteiger partial charge in [-0.25, -0.2) is 13.2 Å². The van der Waals surface area contributed by atoms with E-state index < -0.39 is 15.8 Å². The molecule has 0 bridgehead atoms. The first kappa shape index (κ1) is 18.8. The molecule has 0 N–H and O–H groups in total. The van der Waals surface area contributed by atoms with Crippen LogP contribution in [0.4, 0.5) is 5.69 Å². The maximum Gasteiger partial charge on any atom is 0.419 e. The van der Waals surface area contributed by atoms with Gasteiger partial charge in [-0.15, -0.1) is 0 Å². The molecule has 2 aromatic carbocycles. The van der Waals surface area contributed by atoms with Crippen molar-refractivity contribution in [2.45, 2.75) is 24.8 Å². The summed E-state index contributed by atoms with van der Waals surface area (Å²) in [4.78, 5) is 14.0. The second-order valence-electron chi connectivity index (χ2n) is 7.30. The Morgan fingerprint density at radius 3 is 2.46 bits per heavy atom. The molecule has 0 saturated carbocycles. The first-order valence-corrected chi connectivity index (χ1v) is 10.6. The van der Waals surface area contributed by atoms with E-state index in [4.69, 9.17) is 4.42 Å². The molecule has 1 fully saturated rings. The number of aryl methyl sites for hydroxylation is 2. The Bertz CT molecular complexity index is 1180. The van der Waals surface area contributed by atoms with Crippen LogP contribution < -0.4 is 10.7 Å². The monoisotopic (exact) mass is 401 g/mol. The highest BCUT2D eigenvalue weighted by Gasteiger charge is 2.32. The quantitative estimate of drug-likeness (QED) is 0.673. The maximum atomic E-state index is 13.1. The summed E-state index contributed by atoms with van der Waals surface area (Å²) in [6.07, 6.45) is 0. The molecule has 1 atom stereocenters. The molecule has 28 heavy (non-hydrogen) atoms. The molecule has 0 aliphatic carbocycles. The van der Waals surface area contributed by atoms with Gasteiger partial charge in [-0.2, -0.15) is 4.31 Å². The molecule has 1 saturated heterocycles. The van der Waals surface area contributed by atoms with E-state index in [1.807, 2.05) is 13.8 Å². The molecule has 1 aliphatic rings.